The highest BCUT2D eigenvalue weighted by molar-refractivity contribution is 14.1. The van der Waals surface area contributed by atoms with Gasteiger partial charge in [0, 0.05) is 35.1 Å². The number of halogens is 1. The summed E-state index contributed by atoms with van der Waals surface area (Å²) in [4.78, 5) is 15.1. The number of nitro benzene ring substituents is 1. The normalized spacial score (nSPS) is 10.6. The van der Waals surface area contributed by atoms with Crippen LogP contribution in [0.4, 0.5) is 11.4 Å². The standard InChI is InChI=1S/C18H17IN4O2/c1-13-20-7-8-22(13)12-15-4-2-3-14(9-15)11-21-17-6-5-16(19)10-18(17)23(24)25/h2-10,21H,11-12H2,1H3. The van der Waals surface area contributed by atoms with E-state index in [4.69, 9.17) is 0 Å². The second kappa shape index (κ2) is 7.64. The summed E-state index contributed by atoms with van der Waals surface area (Å²) in [5.74, 6) is 0.970. The van der Waals surface area contributed by atoms with E-state index >= 15 is 0 Å². The summed E-state index contributed by atoms with van der Waals surface area (Å²) in [6, 6.07) is 13.4. The molecule has 0 atom stereocenters. The molecule has 3 rings (SSSR count). The van der Waals surface area contributed by atoms with Crippen molar-refractivity contribution >= 4 is 34.0 Å². The molecule has 1 heterocycles. The maximum Gasteiger partial charge on any atom is 0.293 e. The molecule has 7 heteroatoms. The molecule has 0 saturated heterocycles. The topological polar surface area (TPSA) is 73.0 Å². The Morgan fingerprint density at radius 3 is 2.76 bits per heavy atom. The van der Waals surface area contributed by atoms with Crippen molar-refractivity contribution in [2.24, 2.45) is 0 Å². The second-order valence-electron chi connectivity index (χ2n) is 5.69. The molecule has 0 unspecified atom stereocenters. The number of hydrogen-bond acceptors (Lipinski definition) is 4. The van der Waals surface area contributed by atoms with Gasteiger partial charge in [0.1, 0.15) is 11.5 Å². The number of nitro groups is 1. The molecule has 25 heavy (non-hydrogen) atoms. The third-order valence-corrected chi connectivity index (χ3v) is 4.58. The molecule has 0 saturated carbocycles. The molecular formula is C18H17IN4O2. The van der Waals surface area contributed by atoms with E-state index < -0.39 is 0 Å². The van der Waals surface area contributed by atoms with Gasteiger partial charge in [-0.3, -0.25) is 10.1 Å². The van der Waals surface area contributed by atoms with E-state index in [1.807, 2.05) is 31.3 Å². The Morgan fingerprint density at radius 2 is 2.04 bits per heavy atom. The molecule has 0 amide bonds. The first-order chi connectivity index (χ1) is 12.0. The number of rotatable bonds is 6. The SMILES string of the molecule is Cc1nccn1Cc1cccc(CNc2ccc(I)cc2[N+](=O)[O-])c1. The van der Waals surface area contributed by atoms with Gasteiger partial charge in [0.2, 0.25) is 0 Å². The summed E-state index contributed by atoms with van der Waals surface area (Å²) < 4.78 is 2.92. The van der Waals surface area contributed by atoms with Crippen LogP contribution in [0, 0.1) is 20.6 Å². The van der Waals surface area contributed by atoms with Crippen molar-refractivity contribution in [2.45, 2.75) is 20.0 Å². The minimum atomic E-state index is -0.358. The average Bonchev–Trinajstić information content (AvgIpc) is 2.99. The van der Waals surface area contributed by atoms with E-state index in [-0.39, 0.29) is 10.6 Å². The van der Waals surface area contributed by atoms with Crippen molar-refractivity contribution in [3.05, 3.63) is 85.5 Å². The smallest absolute Gasteiger partial charge is 0.293 e. The van der Waals surface area contributed by atoms with Crippen molar-refractivity contribution in [1.82, 2.24) is 9.55 Å². The van der Waals surface area contributed by atoms with Crippen LogP contribution >= 0.6 is 22.6 Å². The summed E-state index contributed by atoms with van der Waals surface area (Å²) in [6.07, 6.45) is 3.74. The summed E-state index contributed by atoms with van der Waals surface area (Å²) in [5.41, 5.74) is 2.86. The lowest BCUT2D eigenvalue weighted by atomic mass is 10.1. The minimum Gasteiger partial charge on any atom is -0.375 e. The molecule has 0 bridgehead atoms. The zero-order chi connectivity index (χ0) is 17.8. The maximum atomic E-state index is 11.2. The molecule has 3 aromatic rings. The number of aryl methyl sites for hydroxylation is 1. The quantitative estimate of drug-likeness (QED) is 0.346. The van der Waals surface area contributed by atoms with Gasteiger partial charge < -0.3 is 9.88 Å². The molecule has 0 aliphatic rings. The zero-order valence-corrected chi connectivity index (χ0v) is 15.8. The summed E-state index contributed by atoms with van der Waals surface area (Å²) in [7, 11) is 0. The van der Waals surface area contributed by atoms with Crippen LogP contribution in [-0.2, 0) is 13.1 Å². The molecule has 0 spiro atoms. The molecule has 6 nitrogen and oxygen atoms in total. The van der Waals surface area contributed by atoms with Crippen LogP contribution in [-0.4, -0.2) is 14.5 Å². The molecule has 0 aliphatic carbocycles. The number of nitrogens with one attached hydrogen (secondary N) is 1. The van der Waals surface area contributed by atoms with E-state index in [9.17, 15) is 10.1 Å². The number of aromatic nitrogens is 2. The Labute approximate surface area is 159 Å². The number of benzene rings is 2. The van der Waals surface area contributed by atoms with Crippen molar-refractivity contribution < 1.29 is 4.92 Å². The highest BCUT2D eigenvalue weighted by atomic mass is 127. The van der Waals surface area contributed by atoms with Gasteiger partial charge in [0.25, 0.3) is 5.69 Å². The van der Waals surface area contributed by atoms with E-state index in [1.54, 1.807) is 18.3 Å². The van der Waals surface area contributed by atoms with Gasteiger partial charge in [0.15, 0.2) is 0 Å². The molecule has 1 N–H and O–H groups in total. The number of hydrogen-bond donors (Lipinski definition) is 1. The van der Waals surface area contributed by atoms with Gasteiger partial charge in [-0.05, 0) is 52.8 Å². The minimum absolute atomic E-state index is 0.0945. The van der Waals surface area contributed by atoms with Gasteiger partial charge in [-0.1, -0.05) is 24.3 Å². The Kier molecular flexibility index (Phi) is 5.32. The molecular weight excluding hydrogens is 431 g/mol. The molecule has 1 aromatic heterocycles. The van der Waals surface area contributed by atoms with Crippen molar-refractivity contribution in [3.63, 3.8) is 0 Å². The van der Waals surface area contributed by atoms with Crippen molar-refractivity contribution in [3.8, 4) is 0 Å². The third-order valence-electron chi connectivity index (χ3n) is 3.91. The highest BCUT2D eigenvalue weighted by Gasteiger charge is 2.13. The summed E-state index contributed by atoms with van der Waals surface area (Å²) in [6.45, 7) is 3.25. The van der Waals surface area contributed by atoms with Crippen LogP contribution in [0.2, 0.25) is 0 Å². The van der Waals surface area contributed by atoms with E-state index in [0.29, 0.717) is 12.2 Å². The van der Waals surface area contributed by atoms with Gasteiger partial charge in [-0.15, -0.1) is 0 Å². The number of nitrogens with zero attached hydrogens (tertiary/aromatic N) is 3. The fraction of sp³-hybridized carbons (Fsp3) is 0.167. The zero-order valence-electron chi connectivity index (χ0n) is 13.6. The molecule has 0 radical (unpaired) electrons. The predicted octanol–water partition coefficient (Wildman–Crippen LogP) is 4.36. The highest BCUT2D eigenvalue weighted by Crippen LogP contribution is 2.26. The predicted molar refractivity (Wildman–Crippen MR) is 106 cm³/mol. The largest absolute Gasteiger partial charge is 0.375 e. The van der Waals surface area contributed by atoms with Crippen LogP contribution in [0.15, 0.2) is 54.9 Å². The maximum absolute atomic E-state index is 11.2. The Hall–Kier alpha value is -2.42. The van der Waals surface area contributed by atoms with E-state index in [1.165, 1.54) is 0 Å². The molecule has 2 aromatic carbocycles. The first kappa shape index (κ1) is 17.4. The number of anilines is 1. The Bertz CT molecular complexity index is 908. The van der Waals surface area contributed by atoms with Crippen LogP contribution in [0.5, 0.6) is 0 Å². The second-order valence-corrected chi connectivity index (χ2v) is 6.94. The van der Waals surface area contributed by atoms with Gasteiger partial charge >= 0.3 is 0 Å². The monoisotopic (exact) mass is 448 g/mol. The first-order valence-electron chi connectivity index (χ1n) is 7.76. The fourth-order valence-corrected chi connectivity index (χ4v) is 3.08. The van der Waals surface area contributed by atoms with Crippen molar-refractivity contribution in [2.75, 3.05) is 5.32 Å². The summed E-state index contributed by atoms with van der Waals surface area (Å²) in [5, 5.41) is 14.4. The fourth-order valence-electron chi connectivity index (χ4n) is 2.61. The summed E-state index contributed by atoms with van der Waals surface area (Å²) >= 11 is 2.07. The average molecular weight is 448 g/mol. The van der Waals surface area contributed by atoms with Crippen LogP contribution in [0.3, 0.4) is 0 Å². The van der Waals surface area contributed by atoms with Gasteiger partial charge in [-0.25, -0.2) is 4.98 Å². The Morgan fingerprint density at radius 1 is 1.24 bits per heavy atom. The molecule has 0 aliphatic heterocycles. The molecule has 128 valence electrons. The van der Waals surface area contributed by atoms with E-state index in [0.717, 1.165) is 27.1 Å². The van der Waals surface area contributed by atoms with Crippen LogP contribution in [0.1, 0.15) is 17.0 Å². The van der Waals surface area contributed by atoms with Crippen molar-refractivity contribution in [1.29, 1.82) is 0 Å². The Balaban J connectivity index is 1.73. The first-order valence-corrected chi connectivity index (χ1v) is 8.84. The van der Waals surface area contributed by atoms with Crippen LogP contribution in [0.25, 0.3) is 0 Å². The van der Waals surface area contributed by atoms with Gasteiger partial charge in [-0.2, -0.15) is 0 Å². The third kappa shape index (κ3) is 4.36. The number of imidazole rings is 1. The van der Waals surface area contributed by atoms with Crippen LogP contribution < -0.4 is 5.32 Å². The lowest BCUT2D eigenvalue weighted by Crippen LogP contribution is -2.05. The van der Waals surface area contributed by atoms with Gasteiger partial charge in [0.05, 0.1) is 4.92 Å². The lowest BCUT2D eigenvalue weighted by Gasteiger charge is -2.10. The van der Waals surface area contributed by atoms with E-state index in [2.05, 4.69) is 49.6 Å². The lowest BCUT2D eigenvalue weighted by molar-refractivity contribution is -0.384. The molecule has 0 fully saturated rings.